The monoisotopic (exact) mass is 393 g/mol. The molecule has 0 spiro atoms. The van der Waals surface area contributed by atoms with Crippen LogP contribution in [-0.4, -0.2) is 28.8 Å². The van der Waals surface area contributed by atoms with Crippen LogP contribution in [0.15, 0.2) is 59.9 Å². The minimum Gasteiger partial charge on any atom is -0.503 e. The number of hydrogen-bond donors (Lipinski definition) is 1. The first-order valence-electron chi connectivity index (χ1n) is 9.78. The van der Waals surface area contributed by atoms with Gasteiger partial charge in [0.15, 0.2) is 11.5 Å². The normalized spacial score (nSPS) is 16.7. The standard InChI is InChI=1S/C24H27NO4/c1-15(2)11-20(26)21-22(18-9-5-7-16(3)12-18)25(24(28)23(21)27)14-17-8-6-10-19(13-17)29-4/h5-10,12-13,15,22,27H,11,14H2,1-4H3. The second-order valence-electron chi connectivity index (χ2n) is 7.88. The fourth-order valence-electron chi connectivity index (χ4n) is 3.74. The van der Waals surface area contributed by atoms with Gasteiger partial charge in [0.2, 0.25) is 0 Å². The molecule has 2 aromatic carbocycles. The van der Waals surface area contributed by atoms with E-state index in [1.54, 1.807) is 12.0 Å². The van der Waals surface area contributed by atoms with Crippen molar-refractivity contribution >= 4 is 11.7 Å². The maximum atomic E-state index is 13.0. The Balaban J connectivity index is 2.04. The van der Waals surface area contributed by atoms with Gasteiger partial charge >= 0.3 is 0 Å². The van der Waals surface area contributed by atoms with Gasteiger partial charge < -0.3 is 14.7 Å². The van der Waals surface area contributed by atoms with Crippen LogP contribution in [0.1, 0.15) is 43.0 Å². The Bertz CT molecular complexity index is 961. The zero-order valence-corrected chi connectivity index (χ0v) is 17.3. The molecule has 1 aliphatic heterocycles. The molecule has 1 heterocycles. The van der Waals surface area contributed by atoms with Crippen molar-refractivity contribution in [3.63, 3.8) is 0 Å². The summed E-state index contributed by atoms with van der Waals surface area (Å²) in [4.78, 5) is 27.5. The molecule has 1 unspecified atom stereocenters. The fourth-order valence-corrected chi connectivity index (χ4v) is 3.74. The lowest BCUT2D eigenvalue weighted by Gasteiger charge is -2.27. The number of aryl methyl sites for hydroxylation is 1. The summed E-state index contributed by atoms with van der Waals surface area (Å²) >= 11 is 0. The lowest BCUT2D eigenvalue weighted by molar-refractivity contribution is -0.130. The number of methoxy groups -OCH3 is 1. The number of hydrogen-bond acceptors (Lipinski definition) is 4. The van der Waals surface area contributed by atoms with E-state index in [1.807, 2.05) is 69.3 Å². The molecule has 0 aromatic heterocycles. The van der Waals surface area contributed by atoms with Crippen molar-refractivity contribution in [1.82, 2.24) is 4.90 Å². The van der Waals surface area contributed by atoms with Crippen molar-refractivity contribution in [2.45, 2.75) is 39.8 Å². The zero-order valence-electron chi connectivity index (χ0n) is 17.3. The van der Waals surface area contributed by atoms with Gasteiger partial charge in [-0.2, -0.15) is 0 Å². The van der Waals surface area contributed by atoms with Gasteiger partial charge in [0.25, 0.3) is 5.91 Å². The minimum atomic E-state index is -0.611. The van der Waals surface area contributed by atoms with E-state index in [-0.39, 0.29) is 30.2 Å². The molecule has 0 bridgehead atoms. The van der Waals surface area contributed by atoms with E-state index in [0.29, 0.717) is 5.75 Å². The molecule has 5 heteroatoms. The van der Waals surface area contributed by atoms with E-state index in [0.717, 1.165) is 16.7 Å². The first kappa shape index (κ1) is 20.6. The van der Waals surface area contributed by atoms with E-state index < -0.39 is 17.7 Å². The van der Waals surface area contributed by atoms with Gasteiger partial charge in [0, 0.05) is 13.0 Å². The molecular formula is C24H27NO4. The van der Waals surface area contributed by atoms with Crippen LogP contribution in [-0.2, 0) is 16.1 Å². The Morgan fingerprint density at radius 1 is 1.17 bits per heavy atom. The summed E-state index contributed by atoms with van der Waals surface area (Å²) in [7, 11) is 1.59. The van der Waals surface area contributed by atoms with Crippen molar-refractivity contribution in [2.24, 2.45) is 5.92 Å². The summed E-state index contributed by atoms with van der Waals surface area (Å²) in [5.41, 5.74) is 2.90. The number of aliphatic hydroxyl groups excluding tert-OH is 1. The average molecular weight is 393 g/mol. The molecule has 29 heavy (non-hydrogen) atoms. The minimum absolute atomic E-state index is 0.128. The molecule has 5 nitrogen and oxygen atoms in total. The summed E-state index contributed by atoms with van der Waals surface area (Å²) in [5.74, 6) is -0.333. The molecule has 1 atom stereocenters. The number of benzene rings is 2. The van der Waals surface area contributed by atoms with Gasteiger partial charge in [0.05, 0.1) is 18.7 Å². The highest BCUT2D eigenvalue weighted by Crippen LogP contribution is 2.40. The maximum Gasteiger partial charge on any atom is 0.290 e. The number of carbonyl (C=O) groups is 2. The van der Waals surface area contributed by atoms with E-state index in [9.17, 15) is 14.7 Å². The number of ether oxygens (including phenoxy) is 1. The number of amides is 1. The highest BCUT2D eigenvalue weighted by atomic mass is 16.5. The van der Waals surface area contributed by atoms with Crippen molar-refractivity contribution in [3.8, 4) is 5.75 Å². The Kier molecular flexibility index (Phi) is 6.06. The third-order valence-corrected chi connectivity index (χ3v) is 5.04. The topological polar surface area (TPSA) is 66.8 Å². The molecule has 3 rings (SSSR count). The molecule has 152 valence electrons. The highest BCUT2D eigenvalue weighted by molar-refractivity contribution is 6.09. The number of nitrogens with zero attached hydrogens (tertiary/aromatic N) is 1. The summed E-state index contributed by atoms with van der Waals surface area (Å²) in [6.07, 6.45) is 0.280. The third-order valence-electron chi connectivity index (χ3n) is 5.04. The van der Waals surface area contributed by atoms with Crippen LogP contribution in [0.3, 0.4) is 0 Å². The lowest BCUT2D eigenvalue weighted by Crippen LogP contribution is -2.30. The Labute approximate surface area is 171 Å². The fraction of sp³-hybridized carbons (Fsp3) is 0.333. The first-order chi connectivity index (χ1) is 13.8. The second-order valence-corrected chi connectivity index (χ2v) is 7.88. The molecular weight excluding hydrogens is 366 g/mol. The second kappa shape index (κ2) is 8.52. The molecule has 0 aliphatic carbocycles. The largest absolute Gasteiger partial charge is 0.503 e. The molecule has 1 N–H and O–H groups in total. The van der Waals surface area contributed by atoms with Crippen LogP contribution in [0.5, 0.6) is 5.75 Å². The summed E-state index contributed by atoms with van der Waals surface area (Å²) in [5, 5.41) is 10.6. The van der Waals surface area contributed by atoms with Crippen LogP contribution < -0.4 is 4.74 Å². The first-order valence-corrected chi connectivity index (χ1v) is 9.78. The van der Waals surface area contributed by atoms with Gasteiger partial charge in [-0.25, -0.2) is 0 Å². The average Bonchev–Trinajstić information content (AvgIpc) is 2.92. The summed E-state index contributed by atoms with van der Waals surface area (Å²) in [6, 6.07) is 14.5. The van der Waals surface area contributed by atoms with Crippen molar-refractivity contribution in [1.29, 1.82) is 0 Å². The van der Waals surface area contributed by atoms with Crippen molar-refractivity contribution in [3.05, 3.63) is 76.6 Å². The summed E-state index contributed by atoms with van der Waals surface area (Å²) in [6.45, 7) is 6.12. The Morgan fingerprint density at radius 3 is 2.55 bits per heavy atom. The van der Waals surface area contributed by atoms with Crippen molar-refractivity contribution < 1.29 is 19.4 Å². The molecule has 2 aromatic rings. The van der Waals surface area contributed by atoms with Crippen molar-refractivity contribution in [2.75, 3.05) is 7.11 Å². The molecule has 1 aliphatic rings. The van der Waals surface area contributed by atoms with Crippen LogP contribution >= 0.6 is 0 Å². The number of rotatable bonds is 7. The summed E-state index contributed by atoms with van der Waals surface area (Å²) < 4.78 is 5.28. The number of Topliss-reactive ketones (excluding diaryl/α,β-unsaturated/α-hetero) is 1. The highest BCUT2D eigenvalue weighted by Gasteiger charge is 2.43. The van der Waals surface area contributed by atoms with Gasteiger partial charge in [0.1, 0.15) is 5.75 Å². The van der Waals surface area contributed by atoms with Gasteiger partial charge in [-0.05, 0) is 36.1 Å². The Morgan fingerprint density at radius 2 is 1.90 bits per heavy atom. The number of ketones is 1. The van der Waals surface area contributed by atoms with Crippen LogP contribution in [0.25, 0.3) is 0 Å². The predicted molar refractivity (Wildman–Crippen MR) is 112 cm³/mol. The molecule has 0 saturated heterocycles. The molecule has 0 radical (unpaired) electrons. The zero-order chi connectivity index (χ0) is 21.1. The number of carbonyl (C=O) groups excluding carboxylic acids is 2. The molecule has 0 saturated carbocycles. The third kappa shape index (κ3) is 4.34. The maximum absolute atomic E-state index is 13.0. The lowest BCUT2D eigenvalue weighted by atomic mass is 9.91. The van der Waals surface area contributed by atoms with E-state index in [1.165, 1.54) is 0 Å². The van der Waals surface area contributed by atoms with Gasteiger partial charge in [-0.3, -0.25) is 9.59 Å². The molecule has 0 fully saturated rings. The van der Waals surface area contributed by atoms with Gasteiger partial charge in [-0.1, -0.05) is 55.8 Å². The van der Waals surface area contributed by atoms with Gasteiger partial charge in [-0.15, -0.1) is 0 Å². The van der Waals surface area contributed by atoms with Crippen LogP contribution in [0.2, 0.25) is 0 Å². The smallest absolute Gasteiger partial charge is 0.290 e. The van der Waals surface area contributed by atoms with Crippen LogP contribution in [0.4, 0.5) is 0 Å². The SMILES string of the molecule is COc1cccc(CN2C(=O)C(O)=C(C(=O)CC(C)C)C2c2cccc(C)c2)c1. The number of aliphatic hydroxyl groups is 1. The van der Waals surface area contributed by atoms with E-state index in [2.05, 4.69) is 0 Å². The Hall–Kier alpha value is -3.08. The van der Waals surface area contributed by atoms with E-state index >= 15 is 0 Å². The molecule has 1 amide bonds. The van der Waals surface area contributed by atoms with E-state index in [4.69, 9.17) is 4.74 Å². The predicted octanol–water partition coefficient (Wildman–Crippen LogP) is 4.51. The quantitative estimate of drug-likeness (QED) is 0.751. The van der Waals surface area contributed by atoms with Crippen LogP contribution in [0, 0.1) is 12.8 Å².